The van der Waals surface area contributed by atoms with E-state index in [1.54, 1.807) is 0 Å². The first-order valence-corrected chi connectivity index (χ1v) is 14.3. The van der Waals surface area contributed by atoms with Crippen molar-refractivity contribution in [3.63, 3.8) is 0 Å². The molecule has 2 heterocycles. The number of ether oxygens (including phenoxy) is 2. The van der Waals surface area contributed by atoms with Crippen molar-refractivity contribution >= 4 is 18.2 Å². The van der Waals surface area contributed by atoms with Crippen molar-refractivity contribution in [3.8, 4) is 11.5 Å². The van der Waals surface area contributed by atoms with Gasteiger partial charge in [0, 0.05) is 25.7 Å². The van der Waals surface area contributed by atoms with Crippen LogP contribution in [-0.2, 0) is 20.9 Å². The minimum absolute atomic E-state index is 0.0721. The minimum atomic E-state index is -0.697. The van der Waals surface area contributed by atoms with Gasteiger partial charge < -0.3 is 25.0 Å². The third-order valence-electron chi connectivity index (χ3n) is 8.23. The van der Waals surface area contributed by atoms with Gasteiger partial charge in [-0.3, -0.25) is 19.6 Å². The van der Waals surface area contributed by atoms with Crippen molar-refractivity contribution in [1.82, 2.24) is 20.6 Å². The smallest absolute Gasteiger partial charge is 0.245 e. The van der Waals surface area contributed by atoms with Gasteiger partial charge >= 0.3 is 0 Å². The van der Waals surface area contributed by atoms with Gasteiger partial charge in [0.2, 0.25) is 25.0 Å². The van der Waals surface area contributed by atoms with E-state index in [2.05, 4.69) is 10.6 Å². The predicted molar refractivity (Wildman–Crippen MR) is 145 cm³/mol. The van der Waals surface area contributed by atoms with Crippen LogP contribution in [0.15, 0.2) is 18.2 Å². The number of nitrogens with zero attached hydrogens (tertiary/aromatic N) is 2. The number of hydrogen-bond donors (Lipinski definition) is 3. The zero-order valence-electron chi connectivity index (χ0n) is 23.5. The summed E-state index contributed by atoms with van der Waals surface area (Å²) in [6.07, 6.45) is 6.95. The lowest BCUT2D eigenvalue weighted by Gasteiger charge is -2.39. The second-order valence-corrected chi connectivity index (χ2v) is 12.3. The van der Waals surface area contributed by atoms with E-state index in [4.69, 9.17) is 9.47 Å². The Morgan fingerprint density at radius 2 is 1.82 bits per heavy atom. The number of piperidine rings is 1. The van der Waals surface area contributed by atoms with Gasteiger partial charge in [0.25, 0.3) is 0 Å². The Hall–Kier alpha value is -2.85. The SMILES string of the molecule is CC(C)(C)[C@H](NC(=O)[C@H](CC1CCCC1)CN(O)C=O)C(=O)N1CCC(NCc2ccc3c(c2)OCO3)CC1. The summed E-state index contributed by atoms with van der Waals surface area (Å²) in [5, 5.41) is 17.0. The first-order chi connectivity index (χ1) is 18.6. The van der Waals surface area contributed by atoms with Crippen molar-refractivity contribution in [3.05, 3.63) is 23.8 Å². The third kappa shape index (κ3) is 7.85. The standard InChI is InChI=1S/C29H44N4O6/c1-29(2,3)26(31-27(35)22(17-33(37)18-34)14-20-6-4-5-7-20)28(36)32-12-10-23(11-13-32)30-16-21-8-9-24-25(15-21)39-19-38-24/h8-9,15,18,20,22-23,26,30,37H,4-7,10-14,16-17,19H2,1-3H3,(H,31,35)/t22-,26-/m1/s1. The van der Waals surface area contributed by atoms with Crippen molar-refractivity contribution in [2.45, 2.75) is 84.3 Å². The summed E-state index contributed by atoms with van der Waals surface area (Å²) in [6.45, 7) is 7.97. The Morgan fingerprint density at radius 3 is 2.49 bits per heavy atom. The van der Waals surface area contributed by atoms with Crippen molar-refractivity contribution in [1.29, 1.82) is 0 Å². The first kappa shape index (κ1) is 29.1. The van der Waals surface area contributed by atoms with Crippen LogP contribution < -0.4 is 20.1 Å². The topological polar surface area (TPSA) is 120 Å². The van der Waals surface area contributed by atoms with Crippen LogP contribution in [0.4, 0.5) is 0 Å². The summed E-state index contributed by atoms with van der Waals surface area (Å²) >= 11 is 0. The van der Waals surface area contributed by atoms with Gasteiger partial charge in [-0.25, -0.2) is 5.06 Å². The summed E-state index contributed by atoms with van der Waals surface area (Å²) in [5.74, 6) is 1.01. The lowest BCUT2D eigenvalue weighted by Crippen LogP contribution is -2.58. The molecule has 2 aliphatic heterocycles. The molecular weight excluding hydrogens is 500 g/mol. The van der Waals surface area contributed by atoms with Crippen LogP contribution in [-0.4, -0.2) is 71.9 Å². The largest absolute Gasteiger partial charge is 0.454 e. The number of amides is 3. The molecule has 0 radical (unpaired) electrons. The molecule has 216 valence electrons. The van der Waals surface area contributed by atoms with Gasteiger partial charge in [0.1, 0.15) is 6.04 Å². The number of rotatable bonds is 11. The zero-order chi connectivity index (χ0) is 28.0. The summed E-state index contributed by atoms with van der Waals surface area (Å²) in [7, 11) is 0. The molecule has 3 aliphatic rings. The molecular formula is C29H44N4O6. The molecule has 0 bridgehead atoms. The number of hydroxylamine groups is 2. The van der Waals surface area contributed by atoms with Gasteiger partial charge in [-0.1, -0.05) is 52.5 Å². The summed E-state index contributed by atoms with van der Waals surface area (Å²) < 4.78 is 10.8. The first-order valence-electron chi connectivity index (χ1n) is 14.3. The molecule has 39 heavy (non-hydrogen) atoms. The van der Waals surface area contributed by atoms with Gasteiger partial charge in [-0.15, -0.1) is 0 Å². The summed E-state index contributed by atoms with van der Waals surface area (Å²) in [4.78, 5) is 40.0. The predicted octanol–water partition coefficient (Wildman–Crippen LogP) is 3.07. The van der Waals surface area contributed by atoms with Crippen molar-refractivity contribution in [2.75, 3.05) is 26.4 Å². The maximum atomic E-state index is 13.7. The second-order valence-electron chi connectivity index (χ2n) is 12.3. The van der Waals surface area contributed by atoms with Crippen LogP contribution >= 0.6 is 0 Å². The molecule has 1 saturated heterocycles. The van der Waals surface area contributed by atoms with E-state index < -0.39 is 17.4 Å². The van der Waals surface area contributed by atoms with E-state index in [1.165, 1.54) is 0 Å². The number of fused-ring (bicyclic) bond motifs is 1. The number of nitrogens with one attached hydrogen (secondary N) is 2. The van der Waals surface area contributed by atoms with Gasteiger partial charge in [0.05, 0.1) is 12.5 Å². The lowest BCUT2D eigenvalue weighted by molar-refractivity contribution is -0.156. The van der Waals surface area contributed by atoms with Crippen LogP contribution in [0, 0.1) is 17.3 Å². The van der Waals surface area contributed by atoms with E-state index >= 15 is 0 Å². The maximum Gasteiger partial charge on any atom is 0.245 e. The van der Waals surface area contributed by atoms with Crippen LogP contribution in [0.5, 0.6) is 11.5 Å². The molecule has 10 heteroatoms. The second kappa shape index (κ2) is 13.0. The lowest BCUT2D eigenvalue weighted by atomic mass is 9.84. The van der Waals surface area contributed by atoms with Gasteiger partial charge in [-0.2, -0.15) is 0 Å². The fourth-order valence-electron chi connectivity index (χ4n) is 5.89. The number of carbonyl (C=O) groups excluding carboxylic acids is 3. The molecule has 2 atom stereocenters. The average molecular weight is 545 g/mol. The number of benzene rings is 1. The Labute approximate surface area is 231 Å². The normalized spacial score (nSPS) is 19.5. The van der Waals surface area contributed by atoms with Crippen LogP contribution in [0.3, 0.4) is 0 Å². The molecule has 1 aromatic rings. The van der Waals surface area contributed by atoms with Crippen LogP contribution in [0.25, 0.3) is 0 Å². The molecule has 1 aromatic carbocycles. The molecule has 3 N–H and O–H groups in total. The van der Waals surface area contributed by atoms with Gasteiger partial charge in [0.15, 0.2) is 11.5 Å². The zero-order valence-corrected chi connectivity index (χ0v) is 23.5. The van der Waals surface area contributed by atoms with Crippen molar-refractivity contribution < 1.29 is 29.1 Å². The Kier molecular flexibility index (Phi) is 9.71. The van der Waals surface area contributed by atoms with Crippen LogP contribution in [0.1, 0.15) is 71.3 Å². The quantitative estimate of drug-likeness (QED) is 0.222. The molecule has 0 spiro atoms. The maximum absolute atomic E-state index is 13.7. The Bertz CT molecular complexity index is 998. The number of carbonyl (C=O) groups is 3. The highest BCUT2D eigenvalue weighted by Crippen LogP contribution is 2.33. The Morgan fingerprint density at radius 1 is 1.13 bits per heavy atom. The van der Waals surface area contributed by atoms with E-state index in [0.29, 0.717) is 43.4 Å². The van der Waals surface area contributed by atoms with Crippen molar-refractivity contribution in [2.24, 2.45) is 17.3 Å². The molecule has 0 unspecified atom stereocenters. The third-order valence-corrected chi connectivity index (χ3v) is 8.23. The van der Waals surface area contributed by atoms with E-state index in [0.717, 1.165) is 55.6 Å². The average Bonchev–Trinajstić information content (AvgIpc) is 3.61. The van der Waals surface area contributed by atoms with Crippen LogP contribution in [0.2, 0.25) is 0 Å². The van der Waals surface area contributed by atoms with E-state index in [-0.39, 0.29) is 31.2 Å². The Balaban J connectivity index is 1.31. The highest BCUT2D eigenvalue weighted by atomic mass is 16.7. The van der Waals surface area contributed by atoms with E-state index in [1.807, 2.05) is 43.9 Å². The molecule has 3 amide bonds. The minimum Gasteiger partial charge on any atom is -0.454 e. The molecule has 1 saturated carbocycles. The molecule has 2 fully saturated rings. The fourth-order valence-corrected chi connectivity index (χ4v) is 5.89. The molecule has 1 aliphatic carbocycles. The molecule has 0 aromatic heterocycles. The highest BCUT2D eigenvalue weighted by Gasteiger charge is 2.38. The summed E-state index contributed by atoms with van der Waals surface area (Å²) in [5.41, 5.74) is 0.624. The highest BCUT2D eigenvalue weighted by molar-refractivity contribution is 5.89. The van der Waals surface area contributed by atoms with E-state index in [9.17, 15) is 19.6 Å². The van der Waals surface area contributed by atoms with Gasteiger partial charge in [-0.05, 0) is 48.3 Å². The number of hydrogen-bond acceptors (Lipinski definition) is 7. The monoisotopic (exact) mass is 544 g/mol. The number of likely N-dealkylation sites (tertiary alicyclic amines) is 1. The molecule has 4 rings (SSSR count). The summed E-state index contributed by atoms with van der Waals surface area (Å²) in [6, 6.07) is 5.54. The molecule has 10 nitrogen and oxygen atoms in total. The fraction of sp³-hybridized carbons (Fsp3) is 0.690.